The Labute approximate surface area is 124 Å². The fourth-order valence-electron chi connectivity index (χ4n) is 1.89. The number of hydrogen-bond donors (Lipinski definition) is 2. The molecule has 0 saturated carbocycles. The van der Waals surface area contributed by atoms with E-state index < -0.39 is 16.4 Å². The second-order valence-electron chi connectivity index (χ2n) is 4.34. The number of nitrogens with zero attached hydrogens (tertiary/aromatic N) is 3. The van der Waals surface area contributed by atoms with Gasteiger partial charge in [-0.05, 0) is 25.1 Å². The van der Waals surface area contributed by atoms with Crippen LogP contribution in [-0.4, -0.2) is 20.6 Å². The average Bonchev–Trinajstić information content (AvgIpc) is 2.54. The Kier molecular flexibility index (Phi) is 4.28. The van der Waals surface area contributed by atoms with E-state index in [0.717, 1.165) is 4.68 Å². The summed E-state index contributed by atoms with van der Waals surface area (Å²) in [7, 11) is 0. The molecule has 9 nitrogen and oxygen atoms in total. The van der Waals surface area contributed by atoms with Gasteiger partial charge in [0.1, 0.15) is 5.56 Å². The summed E-state index contributed by atoms with van der Waals surface area (Å²) in [5, 5.41) is 14.8. The number of benzene rings is 1. The molecule has 0 aliphatic carbocycles. The molecule has 0 saturated heterocycles. The fraction of sp³-hybridized carbons (Fsp3) is 0.154. The molecular formula is C13H13N5O4. The normalized spacial score (nSPS) is 10.3. The number of non-ortho nitro benzene ring substituents is 1. The number of nitrogens with one attached hydrogen (secondary N) is 1. The number of amides is 1. The molecule has 0 aliphatic heterocycles. The molecule has 2 aromatic rings. The predicted molar refractivity (Wildman–Crippen MR) is 77.9 cm³/mol. The lowest BCUT2D eigenvalue weighted by Gasteiger charge is -2.08. The van der Waals surface area contributed by atoms with Crippen molar-refractivity contribution in [3.63, 3.8) is 0 Å². The zero-order chi connectivity index (χ0) is 16.3. The first kappa shape index (κ1) is 15.3. The smallest absolute Gasteiger partial charge is 0.279 e. The van der Waals surface area contributed by atoms with Crippen LogP contribution in [0, 0.1) is 10.1 Å². The van der Waals surface area contributed by atoms with E-state index in [0.29, 0.717) is 11.3 Å². The van der Waals surface area contributed by atoms with Gasteiger partial charge in [-0.1, -0.05) is 0 Å². The molecule has 0 atom stereocenters. The van der Waals surface area contributed by atoms with E-state index in [1.54, 1.807) is 6.92 Å². The van der Waals surface area contributed by atoms with Gasteiger partial charge in [-0.15, -0.1) is 0 Å². The van der Waals surface area contributed by atoms with Crippen molar-refractivity contribution < 1.29 is 9.72 Å². The summed E-state index contributed by atoms with van der Waals surface area (Å²) < 4.78 is 1.13. The molecule has 0 fully saturated rings. The Morgan fingerprint density at radius 1 is 1.41 bits per heavy atom. The van der Waals surface area contributed by atoms with Gasteiger partial charge >= 0.3 is 0 Å². The lowest BCUT2D eigenvalue weighted by atomic mass is 10.1. The average molecular weight is 303 g/mol. The number of nitro benzene ring substituents is 1. The van der Waals surface area contributed by atoms with Crippen molar-refractivity contribution >= 4 is 11.6 Å². The number of aryl methyl sites for hydroxylation is 1. The molecule has 1 heterocycles. The zero-order valence-corrected chi connectivity index (χ0v) is 11.6. The Morgan fingerprint density at radius 2 is 2.05 bits per heavy atom. The molecule has 22 heavy (non-hydrogen) atoms. The third-order valence-corrected chi connectivity index (χ3v) is 3.02. The van der Waals surface area contributed by atoms with Crippen LogP contribution < -0.4 is 16.8 Å². The molecule has 0 unspecified atom stereocenters. The number of carbonyl (C=O) groups excluding carboxylic acids is 1. The van der Waals surface area contributed by atoms with Crippen LogP contribution >= 0.6 is 0 Å². The SMILES string of the molecule is CCn1nc(-c2ccc([N+](=O)[O-])cc2)cc(C(=O)NN)c1=O. The van der Waals surface area contributed by atoms with Crippen LogP contribution in [0.2, 0.25) is 0 Å². The molecule has 2 rings (SSSR count). The molecule has 0 spiro atoms. The van der Waals surface area contributed by atoms with Crippen LogP contribution in [0.3, 0.4) is 0 Å². The molecular weight excluding hydrogens is 290 g/mol. The van der Waals surface area contributed by atoms with E-state index in [1.807, 2.05) is 5.43 Å². The highest BCUT2D eigenvalue weighted by atomic mass is 16.6. The minimum Gasteiger partial charge on any atom is -0.290 e. The van der Waals surface area contributed by atoms with Crippen molar-refractivity contribution in [1.29, 1.82) is 0 Å². The molecule has 0 bridgehead atoms. The van der Waals surface area contributed by atoms with E-state index in [1.165, 1.54) is 30.3 Å². The Balaban J connectivity index is 2.57. The Hall–Kier alpha value is -3.07. The van der Waals surface area contributed by atoms with Gasteiger partial charge in [-0.3, -0.25) is 25.1 Å². The highest BCUT2D eigenvalue weighted by molar-refractivity contribution is 5.94. The number of nitrogens with two attached hydrogens (primary N) is 1. The maximum absolute atomic E-state index is 12.0. The monoisotopic (exact) mass is 303 g/mol. The predicted octanol–water partition coefficient (Wildman–Crippen LogP) is 0.442. The van der Waals surface area contributed by atoms with Crippen LogP contribution in [0.4, 0.5) is 5.69 Å². The van der Waals surface area contributed by atoms with Gasteiger partial charge in [-0.25, -0.2) is 10.5 Å². The number of nitro groups is 1. The largest absolute Gasteiger partial charge is 0.290 e. The van der Waals surface area contributed by atoms with Crippen LogP contribution in [0.15, 0.2) is 35.1 Å². The summed E-state index contributed by atoms with van der Waals surface area (Å²) in [6.07, 6.45) is 0. The van der Waals surface area contributed by atoms with Crippen LogP contribution in [0.5, 0.6) is 0 Å². The van der Waals surface area contributed by atoms with Gasteiger partial charge in [0.25, 0.3) is 17.2 Å². The highest BCUT2D eigenvalue weighted by Gasteiger charge is 2.15. The molecule has 1 amide bonds. The zero-order valence-electron chi connectivity index (χ0n) is 11.6. The van der Waals surface area contributed by atoms with Gasteiger partial charge in [0.15, 0.2) is 0 Å². The van der Waals surface area contributed by atoms with Gasteiger partial charge in [-0.2, -0.15) is 5.10 Å². The number of aromatic nitrogens is 2. The molecule has 9 heteroatoms. The summed E-state index contributed by atoms with van der Waals surface area (Å²) in [4.78, 5) is 33.8. The number of nitrogen functional groups attached to an aromatic ring is 1. The van der Waals surface area contributed by atoms with E-state index in [9.17, 15) is 19.7 Å². The van der Waals surface area contributed by atoms with Crippen molar-refractivity contribution in [1.82, 2.24) is 15.2 Å². The van der Waals surface area contributed by atoms with Gasteiger partial charge in [0, 0.05) is 24.2 Å². The first-order valence-corrected chi connectivity index (χ1v) is 6.35. The second kappa shape index (κ2) is 6.14. The third kappa shape index (κ3) is 2.83. The highest BCUT2D eigenvalue weighted by Crippen LogP contribution is 2.20. The van der Waals surface area contributed by atoms with E-state index in [4.69, 9.17) is 5.84 Å². The van der Waals surface area contributed by atoms with E-state index in [2.05, 4.69) is 5.10 Å². The maximum atomic E-state index is 12.0. The third-order valence-electron chi connectivity index (χ3n) is 3.02. The van der Waals surface area contributed by atoms with Crippen molar-refractivity contribution in [3.05, 3.63) is 56.4 Å². The van der Waals surface area contributed by atoms with E-state index >= 15 is 0 Å². The number of carbonyl (C=O) groups is 1. The summed E-state index contributed by atoms with van der Waals surface area (Å²) in [5.41, 5.74) is 2.02. The minimum atomic E-state index is -0.724. The summed E-state index contributed by atoms with van der Waals surface area (Å²) in [6, 6.07) is 6.93. The van der Waals surface area contributed by atoms with Crippen molar-refractivity contribution in [2.45, 2.75) is 13.5 Å². The Bertz CT molecular complexity index is 782. The van der Waals surface area contributed by atoms with Crippen molar-refractivity contribution in [2.24, 2.45) is 5.84 Å². The number of hydrazine groups is 1. The molecule has 1 aromatic carbocycles. The van der Waals surface area contributed by atoms with E-state index in [-0.39, 0.29) is 17.8 Å². The van der Waals surface area contributed by atoms with Crippen molar-refractivity contribution in [2.75, 3.05) is 0 Å². The molecule has 114 valence electrons. The van der Waals surface area contributed by atoms with Gasteiger partial charge in [0.2, 0.25) is 0 Å². The Morgan fingerprint density at radius 3 is 2.55 bits per heavy atom. The number of rotatable bonds is 4. The lowest BCUT2D eigenvalue weighted by Crippen LogP contribution is -2.37. The van der Waals surface area contributed by atoms with Crippen molar-refractivity contribution in [3.8, 4) is 11.3 Å². The first-order chi connectivity index (χ1) is 10.5. The molecule has 0 radical (unpaired) electrons. The standard InChI is InChI=1S/C13H13N5O4/c1-2-17-13(20)10(12(19)15-14)7-11(16-17)8-3-5-9(6-4-8)18(21)22/h3-7H,2,14H2,1H3,(H,15,19). The topological polar surface area (TPSA) is 133 Å². The number of hydrogen-bond acceptors (Lipinski definition) is 6. The molecule has 3 N–H and O–H groups in total. The van der Waals surface area contributed by atoms with Crippen LogP contribution in [-0.2, 0) is 6.54 Å². The van der Waals surface area contributed by atoms with Crippen LogP contribution in [0.1, 0.15) is 17.3 Å². The molecule has 1 aromatic heterocycles. The van der Waals surface area contributed by atoms with Gasteiger partial charge in [0.05, 0.1) is 10.6 Å². The summed E-state index contributed by atoms with van der Waals surface area (Å²) in [5.74, 6) is 4.34. The fourth-order valence-corrected chi connectivity index (χ4v) is 1.89. The lowest BCUT2D eigenvalue weighted by molar-refractivity contribution is -0.384. The minimum absolute atomic E-state index is 0.0625. The quantitative estimate of drug-likeness (QED) is 0.364. The molecule has 0 aliphatic rings. The summed E-state index contributed by atoms with van der Waals surface area (Å²) >= 11 is 0. The van der Waals surface area contributed by atoms with Crippen LogP contribution in [0.25, 0.3) is 11.3 Å². The summed E-state index contributed by atoms with van der Waals surface area (Å²) in [6.45, 7) is 1.97. The first-order valence-electron chi connectivity index (χ1n) is 6.35. The maximum Gasteiger partial charge on any atom is 0.279 e. The second-order valence-corrected chi connectivity index (χ2v) is 4.34. The van der Waals surface area contributed by atoms with Gasteiger partial charge < -0.3 is 0 Å².